The number of rotatable bonds is 10. The maximum absolute atomic E-state index is 12.2. The molecule has 0 aliphatic rings. The van der Waals surface area contributed by atoms with Gasteiger partial charge in [-0.25, -0.2) is 4.79 Å². The minimum Gasteiger partial charge on any atom is -0.489 e. The van der Waals surface area contributed by atoms with Gasteiger partial charge in [0.25, 0.3) is 0 Å². The molecule has 0 aromatic heterocycles. The van der Waals surface area contributed by atoms with E-state index in [1.807, 2.05) is 54.6 Å². The molecule has 0 saturated heterocycles. The van der Waals surface area contributed by atoms with Gasteiger partial charge in [-0.1, -0.05) is 66.2 Å². The molecule has 2 N–H and O–H groups in total. The SMILES string of the molecule is O=C(CCc1ccc(Cl)cc1)NC(Cc1ccc(OCc2ccccc2)cc1)C(=O)O. The number of carboxylic acid groups (broad SMARTS) is 1. The number of carboxylic acids is 1. The summed E-state index contributed by atoms with van der Waals surface area (Å²) in [7, 11) is 0. The van der Waals surface area contributed by atoms with Crippen LogP contribution in [0.15, 0.2) is 78.9 Å². The van der Waals surface area contributed by atoms with E-state index in [0.29, 0.717) is 23.8 Å². The maximum Gasteiger partial charge on any atom is 0.326 e. The van der Waals surface area contributed by atoms with Crippen molar-refractivity contribution in [2.75, 3.05) is 0 Å². The van der Waals surface area contributed by atoms with Crippen LogP contribution in [0.1, 0.15) is 23.1 Å². The Hall–Kier alpha value is -3.31. The van der Waals surface area contributed by atoms with Crippen molar-refractivity contribution in [3.63, 3.8) is 0 Å². The number of benzene rings is 3. The second kappa shape index (κ2) is 11.2. The maximum atomic E-state index is 12.2. The Labute approximate surface area is 186 Å². The Morgan fingerprint density at radius 1 is 0.871 bits per heavy atom. The van der Waals surface area contributed by atoms with E-state index in [1.165, 1.54) is 0 Å². The molecule has 160 valence electrons. The normalized spacial score (nSPS) is 11.5. The van der Waals surface area contributed by atoms with Crippen molar-refractivity contribution in [2.24, 2.45) is 0 Å². The fourth-order valence-corrected chi connectivity index (χ4v) is 3.20. The molecule has 0 bridgehead atoms. The van der Waals surface area contributed by atoms with Crippen LogP contribution >= 0.6 is 11.6 Å². The van der Waals surface area contributed by atoms with Gasteiger partial charge in [-0.2, -0.15) is 0 Å². The topological polar surface area (TPSA) is 75.6 Å². The Bertz CT molecular complexity index is 988. The van der Waals surface area contributed by atoms with E-state index in [9.17, 15) is 14.7 Å². The molecule has 0 heterocycles. The number of aliphatic carboxylic acids is 1. The van der Waals surface area contributed by atoms with Gasteiger partial charge in [-0.15, -0.1) is 0 Å². The lowest BCUT2D eigenvalue weighted by Gasteiger charge is -2.15. The van der Waals surface area contributed by atoms with Gasteiger partial charge in [0.15, 0.2) is 0 Å². The van der Waals surface area contributed by atoms with Gasteiger partial charge in [-0.3, -0.25) is 4.79 Å². The molecule has 31 heavy (non-hydrogen) atoms. The number of carbonyl (C=O) groups is 2. The van der Waals surface area contributed by atoms with E-state index >= 15 is 0 Å². The summed E-state index contributed by atoms with van der Waals surface area (Å²) in [5, 5.41) is 12.8. The van der Waals surface area contributed by atoms with Crippen LogP contribution in [0.2, 0.25) is 5.02 Å². The summed E-state index contributed by atoms with van der Waals surface area (Å²) in [6.45, 7) is 0.460. The summed E-state index contributed by atoms with van der Waals surface area (Å²) in [5.74, 6) is -0.666. The van der Waals surface area contributed by atoms with Crippen molar-refractivity contribution in [2.45, 2.75) is 31.9 Å². The van der Waals surface area contributed by atoms with Gasteiger partial charge in [0.05, 0.1) is 0 Å². The molecule has 0 aliphatic heterocycles. The van der Waals surface area contributed by atoms with Crippen molar-refractivity contribution in [1.29, 1.82) is 0 Å². The van der Waals surface area contributed by atoms with Crippen LogP contribution in [0, 0.1) is 0 Å². The van der Waals surface area contributed by atoms with E-state index in [1.54, 1.807) is 24.3 Å². The van der Waals surface area contributed by atoms with Crippen molar-refractivity contribution >= 4 is 23.5 Å². The Morgan fingerprint density at radius 2 is 1.52 bits per heavy atom. The molecule has 0 radical (unpaired) electrons. The molecule has 3 aromatic rings. The first kappa shape index (κ1) is 22.4. The number of nitrogens with one attached hydrogen (secondary N) is 1. The van der Waals surface area contributed by atoms with Crippen LogP contribution in [0.25, 0.3) is 0 Å². The standard InChI is InChI=1S/C25H24ClNO4/c26-21-11-6-18(7-12-21)10-15-24(28)27-23(25(29)30)16-19-8-13-22(14-9-19)31-17-20-4-2-1-3-5-20/h1-9,11-14,23H,10,15-17H2,(H,27,28)(H,29,30). The monoisotopic (exact) mass is 437 g/mol. The predicted octanol–water partition coefficient (Wildman–Crippen LogP) is 4.66. The van der Waals surface area contributed by atoms with Crippen LogP contribution in [0.5, 0.6) is 5.75 Å². The number of amides is 1. The van der Waals surface area contributed by atoms with Gasteiger partial charge < -0.3 is 15.2 Å². The van der Waals surface area contributed by atoms with E-state index in [0.717, 1.165) is 16.7 Å². The molecule has 1 atom stereocenters. The number of aryl methyl sites for hydroxylation is 1. The largest absolute Gasteiger partial charge is 0.489 e. The van der Waals surface area contributed by atoms with Crippen molar-refractivity contribution in [3.05, 3.63) is 101 Å². The number of halogens is 1. The molecule has 0 saturated carbocycles. The molecule has 3 aromatic carbocycles. The molecule has 1 amide bonds. The average Bonchev–Trinajstić information content (AvgIpc) is 2.78. The lowest BCUT2D eigenvalue weighted by Crippen LogP contribution is -2.42. The van der Waals surface area contributed by atoms with E-state index in [-0.39, 0.29) is 18.7 Å². The van der Waals surface area contributed by atoms with Gasteiger partial charge >= 0.3 is 5.97 Å². The van der Waals surface area contributed by atoms with Crippen LogP contribution < -0.4 is 10.1 Å². The quantitative estimate of drug-likeness (QED) is 0.483. The number of carbonyl (C=O) groups excluding carboxylic acids is 1. The number of hydrogen-bond donors (Lipinski definition) is 2. The highest BCUT2D eigenvalue weighted by Gasteiger charge is 2.20. The molecule has 0 fully saturated rings. The van der Waals surface area contributed by atoms with Crippen molar-refractivity contribution in [1.82, 2.24) is 5.32 Å². The first-order valence-electron chi connectivity index (χ1n) is 10.0. The third-order valence-corrected chi connectivity index (χ3v) is 5.05. The summed E-state index contributed by atoms with van der Waals surface area (Å²) in [4.78, 5) is 23.9. The molecular formula is C25H24ClNO4. The van der Waals surface area contributed by atoms with Crippen LogP contribution in [-0.2, 0) is 29.0 Å². The van der Waals surface area contributed by atoms with Crippen LogP contribution in [0.3, 0.4) is 0 Å². The fourth-order valence-electron chi connectivity index (χ4n) is 3.07. The summed E-state index contributed by atoms with van der Waals surface area (Å²) >= 11 is 5.86. The summed E-state index contributed by atoms with van der Waals surface area (Å²) in [6, 6.07) is 23.3. The highest BCUT2D eigenvalue weighted by atomic mass is 35.5. The second-order valence-electron chi connectivity index (χ2n) is 7.21. The molecule has 5 nitrogen and oxygen atoms in total. The third-order valence-electron chi connectivity index (χ3n) is 4.80. The molecule has 3 rings (SSSR count). The zero-order chi connectivity index (χ0) is 22.1. The molecular weight excluding hydrogens is 414 g/mol. The van der Waals surface area contributed by atoms with Gasteiger partial charge in [0.2, 0.25) is 5.91 Å². The average molecular weight is 438 g/mol. The Morgan fingerprint density at radius 3 is 2.16 bits per heavy atom. The Kier molecular flexibility index (Phi) is 8.07. The first-order chi connectivity index (χ1) is 15.0. The number of ether oxygens (including phenoxy) is 1. The summed E-state index contributed by atoms with van der Waals surface area (Å²) in [5.41, 5.74) is 2.84. The van der Waals surface area contributed by atoms with E-state index in [4.69, 9.17) is 16.3 Å². The highest BCUT2D eigenvalue weighted by Crippen LogP contribution is 2.16. The molecule has 1 unspecified atom stereocenters. The van der Waals surface area contributed by atoms with Gasteiger partial charge in [0.1, 0.15) is 18.4 Å². The number of hydrogen-bond acceptors (Lipinski definition) is 3. The minimum absolute atomic E-state index is 0.195. The zero-order valence-electron chi connectivity index (χ0n) is 17.0. The van der Waals surface area contributed by atoms with Crippen molar-refractivity contribution < 1.29 is 19.4 Å². The van der Waals surface area contributed by atoms with Gasteiger partial charge in [-0.05, 0) is 47.4 Å². The second-order valence-corrected chi connectivity index (χ2v) is 7.64. The minimum atomic E-state index is -1.07. The molecule has 0 spiro atoms. The Balaban J connectivity index is 1.50. The van der Waals surface area contributed by atoms with Crippen LogP contribution in [-0.4, -0.2) is 23.0 Å². The lowest BCUT2D eigenvalue weighted by atomic mass is 10.0. The van der Waals surface area contributed by atoms with Gasteiger partial charge in [0, 0.05) is 17.9 Å². The lowest BCUT2D eigenvalue weighted by molar-refractivity contribution is -0.141. The van der Waals surface area contributed by atoms with Crippen molar-refractivity contribution in [3.8, 4) is 5.75 Å². The third kappa shape index (κ3) is 7.46. The smallest absolute Gasteiger partial charge is 0.326 e. The van der Waals surface area contributed by atoms with E-state index in [2.05, 4.69) is 5.32 Å². The van der Waals surface area contributed by atoms with Crippen LogP contribution in [0.4, 0.5) is 0 Å². The molecule has 0 aliphatic carbocycles. The zero-order valence-corrected chi connectivity index (χ0v) is 17.7. The van der Waals surface area contributed by atoms with E-state index < -0.39 is 12.0 Å². The molecule has 6 heteroatoms. The highest BCUT2D eigenvalue weighted by molar-refractivity contribution is 6.30. The summed E-state index contributed by atoms with van der Waals surface area (Å²) < 4.78 is 5.75. The predicted molar refractivity (Wildman–Crippen MR) is 120 cm³/mol. The first-order valence-corrected chi connectivity index (χ1v) is 10.4. The fraction of sp³-hybridized carbons (Fsp3) is 0.200. The summed E-state index contributed by atoms with van der Waals surface area (Å²) in [6.07, 6.45) is 0.918.